The molecule has 132 valence electrons. The second kappa shape index (κ2) is 7.84. The van der Waals surface area contributed by atoms with Crippen molar-refractivity contribution in [3.8, 4) is 5.69 Å². The van der Waals surface area contributed by atoms with Crippen LogP contribution in [0.3, 0.4) is 0 Å². The number of halogens is 1. The molecule has 2 N–H and O–H groups in total. The molecule has 7 heteroatoms. The van der Waals surface area contributed by atoms with Gasteiger partial charge in [-0.3, -0.25) is 20.4 Å². The number of carbonyl (C=O) groups is 2. The van der Waals surface area contributed by atoms with E-state index in [1.165, 1.54) is 10.9 Å². The molecule has 0 saturated heterocycles. The lowest BCUT2D eigenvalue weighted by molar-refractivity contribution is 0.0846. The molecule has 0 radical (unpaired) electrons. The first-order valence-electron chi connectivity index (χ1n) is 8.07. The highest BCUT2D eigenvalue weighted by Gasteiger charge is 2.12. The van der Waals surface area contributed by atoms with Crippen molar-refractivity contribution in [1.82, 2.24) is 20.6 Å². The molecule has 2 amide bonds. The van der Waals surface area contributed by atoms with Crippen LogP contribution < -0.4 is 10.9 Å². The van der Waals surface area contributed by atoms with Gasteiger partial charge in [-0.25, -0.2) is 4.68 Å². The Balaban J connectivity index is 1.62. The standard InChI is InChI=1S/C19H17ClN4O2/c1-2-13-6-8-14(9-7-13)18(25)22-23-19(26)15-11-21-24(12-15)17-5-3-4-16(20)10-17/h3-12H,2H2,1H3,(H,22,25)(H,23,26). The lowest BCUT2D eigenvalue weighted by Crippen LogP contribution is -2.41. The molecule has 0 fully saturated rings. The van der Waals surface area contributed by atoms with Crippen molar-refractivity contribution in [3.05, 3.63) is 82.6 Å². The second-order valence-electron chi connectivity index (χ2n) is 5.61. The van der Waals surface area contributed by atoms with E-state index in [1.807, 2.05) is 25.1 Å². The van der Waals surface area contributed by atoms with Crippen molar-refractivity contribution in [3.63, 3.8) is 0 Å². The van der Waals surface area contributed by atoms with Gasteiger partial charge < -0.3 is 0 Å². The fraction of sp³-hybridized carbons (Fsp3) is 0.105. The predicted octanol–water partition coefficient (Wildman–Crippen LogP) is 3.16. The van der Waals surface area contributed by atoms with Gasteiger partial charge in [-0.05, 0) is 42.3 Å². The van der Waals surface area contributed by atoms with Crippen LogP contribution in [0.5, 0.6) is 0 Å². The molecule has 0 unspecified atom stereocenters. The van der Waals surface area contributed by atoms with Crippen LogP contribution in [-0.4, -0.2) is 21.6 Å². The van der Waals surface area contributed by atoms with Gasteiger partial charge in [-0.2, -0.15) is 5.10 Å². The molecule has 1 aromatic heterocycles. The second-order valence-corrected chi connectivity index (χ2v) is 6.05. The number of carbonyl (C=O) groups excluding carboxylic acids is 2. The maximum absolute atomic E-state index is 12.2. The van der Waals surface area contributed by atoms with Crippen LogP contribution in [0.25, 0.3) is 5.69 Å². The third-order valence-corrected chi connectivity index (χ3v) is 4.07. The number of hydrogen-bond acceptors (Lipinski definition) is 3. The van der Waals surface area contributed by atoms with Crippen LogP contribution in [0, 0.1) is 0 Å². The molecule has 2 aromatic carbocycles. The topological polar surface area (TPSA) is 76.0 Å². The number of aryl methyl sites for hydroxylation is 1. The van der Waals surface area contributed by atoms with Crippen molar-refractivity contribution in [2.75, 3.05) is 0 Å². The molecule has 3 aromatic rings. The summed E-state index contributed by atoms with van der Waals surface area (Å²) in [5.41, 5.74) is 7.43. The minimum atomic E-state index is -0.461. The minimum absolute atomic E-state index is 0.312. The van der Waals surface area contributed by atoms with E-state index in [0.717, 1.165) is 17.7 Å². The summed E-state index contributed by atoms with van der Waals surface area (Å²) in [6.07, 6.45) is 3.87. The third kappa shape index (κ3) is 4.10. The molecule has 1 heterocycles. The van der Waals surface area contributed by atoms with Gasteiger partial charge in [-0.15, -0.1) is 0 Å². The largest absolute Gasteiger partial charge is 0.272 e. The maximum atomic E-state index is 12.2. The number of nitrogens with zero attached hydrogens (tertiary/aromatic N) is 2. The molecular formula is C19H17ClN4O2. The Morgan fingerprint density at radius 1 is 1.04 bits per heavy atom. The zero-order valence-corrected chi connectivity index (χ0v) is 14.8. The number of hydrazine groups is 1. The number of aromatic nitrogens is 2. The van der Waals surface area contributed by atoms with Crippen molar-refractivity contribution < 1.29 is 9.59 Å². The number of rotatable bonds is 4. The van der Waals surface area contributed by atoms with E-state index in [2.05, 4.69) is 16.0 Å². The Labute approximate surface area is 155 Å². The van der Waals surface area contributed by atoms with Gasteiger partial charge in [0, 0.05) is 16.8 Å². The average molecular weight is 369 g/mol. The molecule has 0 aliphatic rings. The Hall–Kier alpha value is -3.12. The number of nitrogens with one attached hydrogen (secondary N) is 2. The van der Waals surface area contributed by atoms with Crippen LogP contribution in [0.15, 0.2) is 60.9 Å². The Morgan fingerprint density at radius 2 is 1.73 bits per heavy atom. The minimum Gasteiger partial charge on any atom is -0.267 e. The van der Waals surface area contributed by atoms with E-state index in [1.54, 1.807) is 36.5 Å². The highest BCUT2D eigenvalue weighted by atomic mass is 35.5. The molecule has 0 spiro atoms. The fourth-order valence-corrected chi connectivity index (χ4v) is 2.53. The van der Waals surface area contributed by atoms with Crippen LogP contribution in [0.4, 0.5) is 0 Å². The lowest BCUT2D eigenvalue weighted by atomic mass is 10.1. The van der Waals surface area contributed by atoms with Gasteiger partial charge >= 0.3 is 0 Å². The Kier molecular flexibility index (Phi) is 5.34. The summed E-state index contributed by atoms with van der Waals surface area (Å²) in [4.78, 5) is 24.3. The number of amides is 2. The van der Waals surface area contributed by atoms with Gasteiger partial charge in [0.1, 0.15) is 0 Å². The van der Waals surface area contributed by atoms with Gasteiger partial charge in [0.05, 0.1) is 17.4 Å². The molecule has 0 atom stereocenters. The third-order valence-electron chi connectivity index (χ3n) is 3.83. The molecule has 26 heavy (non-hydrogen) atoms. The van der Waals surface area contributed by atoms with Crippen LogP contribution in [0.1, 0.15) is 33.2 Å². The van der Waals surface area contributed by atoms with E-state index < -0.39 is 5.91 Å². The Bertz CT molecular complexity index is 935. The van der Waals surface area contributed by atoms with E-state index in [-0.39, 0.29) is 5.91 Å². The first kappa shape index (κ1) is 17.7. The maximum Gasteiger partial charge on any atom is 0.272 e. The zero-order chi connectivity index (χ0) is 18.5. The number of hydrogen-bond donors (Lipinski definition) is 2. The van der Waals surface area contributed by atoms with E-state index in [9.17, 15) is 9.59 Å². The average Bonchev–Trinajstić information content (AvgIpc) is 3.16. The molecule has 0 aliphatic carbocycles. The van der Waals surface area contributed by atoms with E-state index >= 15 is 0 Å². The van der Waals surface area contributed by atoms with Gasteiger partial charge in [0.2, 0.25) is 0 Å². The van der Waals surface area contributed by atoms with Crippen molar-refractivity contribution in [2.24, 2.45) is 0 Å². The normalized spacial score (nSPS) is 10.4. The quantitative estimate of drug-likeness (QED) is 0.694. The summed E-state index contributed by atoms with van der Waals surface area (Å²) >= 11 is 5.96. The molecule has 0 aliphatic heterocycles. The smallest absolute Gasteiger partial charge is 0.267 e. The summed E-state index contributed by atoms with van der Waals surface area (Å²) in [5.74, 6) is -0.847. The Morgan fingerprint density at radius 3 is 2.38 bits per heavy atom. The lowest BCUT2D eigenvalue weighted by Gasteiger charge is -2.06. The zero-order valence-electron chi connectivity index (χ0n) is 14.1. The number of benzene rings is 2. The SMILES string of the molecule is CCc1ccc(C(=O)NNC(=O)c2cnn(-c3cccc(Cl)c3)c2)cc1. The molecule has 3 rings (SSSR count). The van der Waals surface area contributed by atoms with Crippen LogP contribution in [-0.2, 0) is 6.42 Å². The van der Waals surface area contributed by atoms with Crippen molar-refractivity contribution >= 4 is 23.4 Å². The van der Waals surface area contributed by atoms with Crippen molar-refractivity contribution in [2.45, 2.75) is 13.3 Å². The van der Waals surface area contributed by atoms with Gasteiger partial charge in [0.15, 0.2) is 0 Å². The summed E-state index contributed by atoms with van der Waals surface area (Å²) in [5, 5.41) is 4.71. The van der Waals surface area contributed by atoms with Gasteiger partial charge in [0.25, 0.3) is 11.8 Å². The highest BCUT2D eigenvalue weighted by molar-refractivity contribution is 6.30. The summed E-state index contributed by atoms with van der Waals surface area (Å²) < 4.78 is 1.53. The molecule has 0 bridgehead atoms. The summed E-state index contributed by atoms with van der Waals surface area (Å²) in [7, 11) is 0. The summed E-state index contributed by atoms with van der Waals surface area (Å²) in [6, 6.07) is 14.3. The highest BCUT2D eigenvalue weighted by Crippen LogP contribution is 2.14. The monoisotopic (exact) mass is 368 g/mol. The first-order chi connectivity index (χ1) is 12.6. The van der Waals surface area contributed by atoms with Gasteiger partial charge in [-0.1, -0.05) is 36.7 Å². The van der Waals surface area contributed by atoms with Crippen molar-refractivity contribution in [1.29, 1.82) is 0 Å². The van der Waals surface area contributed by atoms with E-state index in [4.69, 9.17) is 11.6 Å². The molecule has 0 saturated carbocycles. The predicted molar refractivity (Wildman–Crippen MR) is 99.3 cm³/mol. The molecule has 6 nitrogen and oxygen atoms in total. The first-order valence-corrected chi connectivity index (χ1v) is 8.45. The fourth-order valence-electron chi connectivity index (χ4n) is 2.35. The molecular weight excluding hydrogens is 352 g/mol. The van der Waals surface area contributed by atoms with Crippen LogP contribution >= 0.6 is 11.6 Å². The summed E-state index contributed by atoms with van der Waals surface area (Å²) in [6.45, 7) is 2.04. The van der Waals surface area contributed by atoms with Crippen LogP contribution in [0.2, 0.25) is 5.02 Å². The van der Waals surface area contributed by atoms with E-state index in [0.29, 0.717) is 16.1 Å².